The highest BCUT2D eigenvalue weighted by Gasteiger charge is 2.23. The van der Waals surface area contributed by atoms with Gasteiger partial charge < -0.3 is 5.11 Å². The Morgan fingerprint density at radius 3 is 2.71 bits per heavy atom. The molecule has 110 valence electrons. The zero-order valence-corrected chi connectivity index (χ0v) is 12.2. The maximum Gasteiger partial charge on any atom is 0.303 e. The fourth-order valence-electron chi connectivity index (χ4n) is 3.42. The van der Waals surface area contributed by atoms with Crippen LogP contribution in [0.5, 0.6) is 0 Å². The first-order chi connectivity index (χ1) is 10.2. The lowest BCUT2D eigenvalue weighted by Crippen LogP contribution is -2.14. The molecule has 0 saturated heterocycles. The number of nitrogens with zero attached hydrogens (tertiary/aromatic N) is 1. The Morgan fingerprint density at radius 1 is 1.19 bits per heavy atom. The van der Waals surface area contributed by atoms with E-state index in [4.69, 9.17) is 5.11 Å². The highest BCUT2D eigenvalue weighted by atomic mass is 16.4. The number of carboxylic acids is 1. The molecular formula is C18H21NO2. The van der Waals surface area contributed by atoms with Gasteiger partial charge in [-0.3, -0.25) is 9.78 Å². The zero-order chi connectivity index (χ0) is 14.7. The van der Waals surface area contributed by atoms with E-state index in [-0.39, 0.29) is 0 Å². The van der Waals surface area contributed by atoms with E-state index in [1.807, 2.05) is 18.3 Å². The molecule has 1 aliphatic carbocycles. The second-order valence-corrected chi connectivity index (χ2v) is 6.11. The lowest BCUT2D eigenvalue weighted by atomic mass is 9.77. The molecule has 0 aliphatic heterocycles. The molecule has 1 aliphatic rings. The van der Waals surface area contributed by atoms with Gasteiger partial charge in [0.25, 0.3) is 0 Å². The van der Waals surface area contributed by atoms with Crippen LogP contribution in [0.25, 0.3) is 10.9 Å². The number of pyridine rings is 1. The number of benzene rings is 1. The number of aromatic nitrogens is 1. The Hall–Kier alpha value is -1.90. The van der Waals surface area contributed by atoms with Crippen LogP contribution in [0.2, 0.25) is 0 Å². The predicted molar refractivity (Wildman–Crippen MR) is 83.3 cm³/mol. The number of hydrogen-bond donors (Lipinski definition) is 1. The minimum atomic E-state index is -0.671. The normalized spacial score (nSPS) is 22.3. The summed E-state index contributed by atoms with van der Waals surface area (Å²) in [5.41, 5.74) is 2.39. The first-order valence-corrected chi connectivity index (χ1v) is 7.79. The molecular weight excluding hydrogens is 262 g/mol. The molecule has 0 spiro atoms. The summed E-state index contributed by atoms with van der Waals surface area (Å²) < 4.78 is 0. The quantitative estimate of drug-likeness (QED) is 0.906. The van der Waals surface area contributed by atoms with Crippen LogP contribution in [0.1, 0.15) is 50.0 Å². The summed E-state index contributed by atoms with van der Waals surface area (Å²) in [6.07, 6.45) is 7.76. The van der Waals surface area contributed by atoms with Crippen LogP contribution in [-0.2, 0) is 4.79 Å². The van der Waals surface area contributed by atoms with Crippen LogP contribution in [-0.4, -0.2) is 16.1 Å². The number of fused-ring (bicyclic) bond motifs is 1. The summed E-state index contributed by atoms with van der Waals surface area (Å²) in [5.74, 6) is 0.504. The van der Waals surface area contributed by atoms with Crippen LogP contribution < -0.4 is 0 Å². The van der Waals surface area contributed by atoms with Crippen molar-refractivity contribution in [1.82, 2.24) is 4.98 Å². The van der Waals surface area contributed by atoms with Gasteiger partial charge in [-0.25, -0.2) is 0 Å². The fourth-order valence-corrected chi connectivity index (χ4v) is 3.42. The average Bonchev–Trinajstić information content (AvgIpc) is 2.53. The molecule has 3 rings (SSSR count). The smallest absolute Gasteiger partial charge is 0.303 e. The molecule has 1 heterocycles. The van der Waals surface area contributed by atoms with Gasteiger partial charge in [0, 0.05) is 18.0 Å². The van der Waals surface area contributed by atoms with E-state index in [0.29, 0.717) is 18.3 Å². The summed E-state index contributed by atoms with van der Waals surface area (Å²) in [5, 5.41) is 9.98. The van der Waals surface area contributed by atoms with Crippen molar-refractivity contribution in [3.05, 3.63) is 42.1 Å². The topological polar surface area (TPSA) is 50.2 Å². The molecule has 0 amide bonds. The number of para-hydroxylation sites is 1. The summed E-state index contributed by atoms with van der Waals surface area (Å²) in [6.45, 7) is 0. The van der Waals surface area contributed by atoms with E-state index in [1.165, 1.54) is 10.9 Å². The van der Waals surface area contributed by atoms with Crippen LogP contribution in [0.4, 0.5) is 0 Å². The van der Waals surface area contributed by atoms with Gasteiger partial charge in [-0.2, -0.15) is 0 Å². The Kier molecular flexibility index (Phi) is 4.18. The predicted octanol–water partition coefficient (Wildman–Crippen LogP) is 4.37. The van der Waals surface area contributed by atoms with Crippen LogP contribution in [0.15, 0.2) is 36.5 Å². The number of carbonyl (C=O) groups is 1. The van der Waals surface area contributed by atoms with Crippen molar-refractivity contribution in [2.75, 3.05) is 0 Å². The average molecular weight is 283 g/mol. The standard InChI is InChI=1S/C18H21NO2/c20-18(21)10-7-13-5-8-14(9-6-13)16-11-15-3-1-2-4-17(15)19-12-16/h1-4,11-14H,5-10H2,(H,20,21). The van der Waals surface area contributed by atoms with Crippen molar-refractivity contribution in [1.29, 1.82) is 0 Å². The Labute approximate surface area is 125 Å². The van der Waals surface area contributed by atoms with Gasteiger partial charge in [-0.05, 0) is 61.6 Å². The summed E-state index contributed by atoms with van der Waals surface area (Å²) in [6, 6.07) is 10.5. The van der Waals surface area contributed by atoms with E-state index < -0.39 is 5.97 Å². The molecule has 1 saturated carbocycles. The SMILES string of the molecule is O=C(O)CCC1CCC(c2cnc3ccccc3c2)CC1. The zero-order valence-electron chi connectivity index (χ0n) is 12.2. The van der Waals surface area contributed by atoms with E-state index in [1.54, 1.807) is 0 Å². The monoisotopic (exact) mass is 283 g/mol. The Morgan fingerprint density at radius 2 is 1.95 bits per heavy atom. The van der Waals surface area contributed by atoms with Gasteiger partial charge >= 0.3 is 5.97 Å². The van der Waals surface area contributed by atoms with Crippen molar-refractivity contribution in [2.45, 2.75) is 44.4 Å². The molecule has 1 aromatic heterocycles. The summed E-state index contributed by atoms with van der Waals surface area (Å²) >= 11 is 0. The minimum Gasteiger partial charge on any atom is -0.481 e. The first-order valence-electron chi connectivity index (χ1n) is 7.79. The lowest BCUT2D eigenvalue weighted by molar-refractivity contribution is -0.137. The minimum absolute atomic E-state index is 0.312. The molecule has 3 heteroatoms. The molecule has 0 unspecified atom stereocenters. The molecule has 0 atom stereocenters. The molecule has 3 nitrogen and oxygen atoms in total. The van der Waals surface area contributed by atoms with Crippen LogP contribution >= 0.6 is 0 Å². The first kappa shape index (κ1) is 14.1. The highest BCUT2D eigenvalue weighted by molar-refractivity contribution is 5.78. The molecule has 2 aromatic rings. The second-order valence-electron chi connectivity index (χ2n) is 6.11. The summed E-state index contributed by atoms with van der Waals surface area (Å²) in [7, 11) is 0. The van der Waals surface area contributed by atoms with Gasteiger partial charge in [0.1, 0.15) is 0 Å². The fraction of sp³-hybridized carbons (Fsp3) is 0.444. The highest BCUT2D eigenvalue weighted by Crippen LogP contribution is 2.37. The molecule has 1 aromatic carbocycles. The van der Waals surface area contributed by atoms with E-state index >= 15 is 0 Å². The second kappa shape index (κ2) is 6.25. The maximum absolute atomic E-state index is 10.6. The van der Waals surface area contributed by atoms with Gasteiger partial charge in [0.2, 0.25) is 0 Å². The third-order valence-corrected chi connectivity index (χ3v) is 4.70. The van der Waals surface area contributed by atoms with Crippen molar-refractivity contribution < 1.29 is 9.90 Å². The largest absolute Gasteiger partial charge is 0.481 e. The molecule has 1 fully saturated rings. The molecule has 21 heavy (non-hydrogen) atoms. The summed E-state index contributed by atoms with van der Waals surface area (Å²) in [4.78, 5) is 15.2. The number of carboxylic acid groups (broad SMARTS) is 1. The van der Waals surface area contributed by atoms with E-state index in [0.717, 1.165) is 37.6 Å². The lowest BCUT2D eigenvalue weighted by Gasteiger charge is -2.28. The van der Waals surface area contributed by atoms with Gasteiger partial charge in [-0.15, -0.1) is 0 Å². The van der Waals surface area contributed by atoms with Gasteiger partial charge in [-0.1, -0.05) is 18.2 Å². The number of rotatable bonds is 4. The number of hydrogen-bond acceptors (Lipinski definition) is 2. The van der Waals surface area contributed by atoms with Crippen LogP contribution in [0, 0.1) is 5.92 Å². The number of aliphatic carboxylic acids is 1. The van der Waals surface area contributed by atoms with Gasteiger partial charge in [0.15, 0.2) is 0 Å². The maximum atomic E-state index is 10.6. The van der Waals surface area contributed by atoms with Crippen molar-refractivity contribution in [3.8, 4) is 0 Å². The molecule has 1 N–H and O–H groups in total. The molecule has 0 radical (unpaired) electrons. The Bertz CT molecular complexity index is 630. The van der Waals surface area contributed by atoms with Gasteiger partial charge in [0.05, 0.1) is 5.52 Å². The van der Waals surface area contributed by atoms with Crippen molar-refractivity contribution in [3.63, 3.8) is 0 Å². The van der Waals surface area contributed by atoms with E-state index in [2.05, 4.69) is 23.2 Å². The third-order valence-electron chi connectivity index (χ3n) is 4.70. The molecule has 0 bridgehead atoms. The van der Waals surface area contributed by atoms with Crippen LogP contribution in [0.3, 0.4) is 0 Å². The van der Waals surface area contributed by atoms with Crippen molar-refractivity contribution >= 4 is 16.9 Å². The van der Waals surface area contributed by atoms with Crippen molar-refractivity contribution in [2.24, 2.45) is 5.92 Å². The third kappa shape index (κ3) is 3.41. The Balaban J connectivity index is 1.64. The van der Waals surface area contributed by atoms with E-state index in [9.17, 15) is 4.79 Å².